The number of nitrogens with one attached hydrogen (secondary N) is 1. The minimum absolute atomic E-state index is 0.105. The highest BCUT2D eigenvalue weighted by Crippen LogP contribution is 2.28. The largest absolute Gasteiger partial charge is 0.464 e. The summed E-state index contributed by atoms with van der Waals surface area (Å²) < 4.78 is 5.11. The fraction of sp³-hybridized carbons (Fsp3) is 0.889. The first-order valence-corrected chi connectivity index (χ1v) is 4.61. The molecular weight excluding hydrogens is 154 g/mol. The third-order valence-electron chi connectivity index (χ3n) is 2.20. The van der Waals surface area contributed by atoms with Gasteiger partial charge in [0.1, 0.15) is 6.04 Å². The van der Waals surface area contributed by atoms with Crippen LogP contribution in [-0.4, -0.2) is 25.7 Å². The van der Waals surface area contributed by atoms with Gasteiger partial charge in [-0.3, -0.25) is 4.79 Å². The number of likely N-dealkylation sites (N-methyl/N-ethyl adjacent to an activating group) is 1. The first kappa shape index (κ1) is 9.52. The summed E-state index contributed by atoms with van der Waals surface area (Å²) in [6, 6.07) is -0.122. The fourth-order valence-corrected chi connectivity index (χ4v) is 1.07. The molecule has 0 radical (unpaired) electrons. The van der Waals surface area contributed by atoms with E-state index in [1.807, 2.05) is 6.92 Å². The summed E-state index contributed by atoms with van der Waals surface area (Å²) in [4.78, 5) is 11.3. The predicted molar refractivity (Wildman–Crippen MR) is 46.8 cm³/mol. The maximum atomic E-state index is 11.3. The number of hydrogen-bond acceptors (Lipinski definition) is 3. The highest BCUT2D eigenvalue weighted by atomic mass is 16.5. The molecule has 12 heavy (non-hydrogen) atoms. The molecular formula is C9H17NO2. The Morgan fingerprint density at radius 2 is 2.33 bits per heavy atom. The second-order valence-corrected chi connectivity index (χ2v) is 3.32. The molecule has 1 unspecified atom stereocenters. The van der Waals surface area contributed by atoms with Crippen molar-refractivity contribution in [1.29, 1.82) is 0 Å². The normalized spacial score (nSPS) is 18.8. The number of ether oxygens (including phenoxy) is 1. The van der Waals surface area contributed by atoms with Gasteiger partial charge in [-0.05, 0) is 32.2 Å². The quantitative estimate of drug-likeness (QED) is 0.625. The Kier molecular flexibility index (Phi) is 3.53. The fourth-order valence-electron chi connectivity index (χ4n) is 1.07. The van der Waals surface area contributed by atoms with Gasteiger partial charge in [-0.25, -0.2) is 0 Å². The second-order valence-electron chi connectivity index (χ2n) is 3.32. The third kappa shape index (κ3) is 2.81. The van der Waals surface area contributed by atoms with E-state index in [9.17, 15) is 4.79 Å². The van der Waals surface area contributed by atoms with Gasteiger partial charge < -0.3 is 10.1 Å². The molecule has 3 heteroatoms. The topological polar surface area (TPSA) is 38.3 Å². The molecule has 1 N–H and O–H groups in total. The van der Waals surface area contributed by atoms with Crippen molar-refractivity contribution < 1.29 is 9.53 Å². The predicted octanol–water partition coefficient (Wildman–Crippen LogP) is 0.938. The monoisotopic (exact) mass is 171 g/mol. The summed E-state index contributed by atoms with van der Waals surface area (Å²) in [5.74, 6) is 0.551. The van der Waals surface area contributed by atoms with Crippen LogP contribution < -0.4 is 5.32 Å². The molecule has 0 saturated heterocycles. The summed E-state index contributed by atoms with van der Waals surface area (Å²) in [7, 11) is 1.78. The Balaban J connectivity index is 2.15. The molecule has 0 aliphatic heterocycles. The van der Waals surface area contributed by atoms with E-state index in [4.69, 9.17) is 4.74 Å². The van der Waals surface area contributed by atoms with Crippen molar-refractivity contribution in [3.63, 3.8) is 0 Å². The number of hydrogen-bond donors (Lipinski definition) is 1. The standard InChI is InChI=1S/C9H17NO2/c1-3-8(10-2)9(11)12-6-7-4-5-7/h7-8,10H,3-6H2,1-2H3. The molecule has 1 aliphatic carbocycles. The van der Waals surface area contributed by atoms with E-state index in [1.54, 1.807) is 7.05 Å². The molecule has 3 nitrogen and oxygen atoms in total. The van der Waals surface area contributed by atoms with Crippen LogP contribution in [0.5, 0.6) is 0 Å². The maximum Gasteiger partial charge on any atom is 0.323 e. The zero-order valence-electron chi connectivity index (χ0n) is 7.80. The van der Waals surface area contributed by atoms with E-state index in [1.165, 1.54) is 12.8 Å². The molecule has 0 heterocycles. The highest BCUT2D eigenvalue weighted by molar-refractivity contribution is 5.75. The zero-order valence-corrected chi connectivity index (χ0v) is 7.80. The molecule has 1 aliphatic rings. The van der Waals surface area contributed by atoms with Gasteiger partial charge >= 0.3 is 5.97 Å². The second kappa shape index (κ2) is 4.45. The van der Waals surface area contributed by atoms with E-state index in [2.05, 4.69) is 5.32 Å². The van der Waals surface area contributed by atoms with Crippen LogP contribution in [0.15, 0.2) is 0 Å². The Bertz CT molecular complexity index is 151. The average molecular weight is 171 g/mol. The Hall–Kier alpha value is -0.570. The van der Waals surface area contributed by atoms with Gasteiger partial charge in [0.05, 0.1) is 6.61 Å². The van der Waals surface area contributed by atoms with Crippen molar-refractivity contribution in [3.8, 4) is 0 Å². The number of carbonyl (C=O) groups excluding carboxylic acids is 1. The van der Waals surface area contributed by atoms with E-state index in [0.29, 0.717) is 12.5 Å². The first-order chi connectivity index (χ1) is 5.77. The third-order valence-corrected chi connectivity index (χ3v) is 2.20. The number of esters is 1. The SMILES string of the molecule is CCC(NC)C(=O)OCC1CC1. The molecule has 0 spiro atoms. The van der Waals surface area contributed by atoms with Crippen LogP contribution >= 0.6 is 0 Å². The lowest BCUT2D eigenvalue weighted by molar-refractivity contribution is -0.146. The average Bonchev–Trinajstić information content (AvgIpc) is 2.86. The molecule has 0 amide bonds. The summed E-state index contributed by atoms with van der Waals surface area (Å²) in [5.41, 5.74) is 0. The van der Waals surface area contributed by atoms with Crippen LogP contribution in [0, 0.1) is 5.92 Å². The summed E-state index contributed by atoms with van der Waals surface area (Å²) in [6.07, 6.45) is 3.24. The van der Waals surface area contributed by atoms with E-state index in [-0.39, 0.29) is 12.0 Å². The van der Waals surface area contributed by atoms with Crippen LogP contribution in [0.3, 0.4) is 0 Å². The summed E-state index contributed by atoms with van der Waals surface area (Å²) in [5, 5.41) is 2.92. The molecule has 0 aromatic carbocycles. The van der Waals surface area contributed by atoms with Crippen LogP contribution in [0.4, 0.5) is 0 Å². The van der Waals surface area contributed by atoms with Gasteiger partial charge in [0.2, 0.25) is 0 Å². The van der Waals surface area contributed by atoms with Crippen molar-refractivity contribution in [2.75, 3.05) is 13.7 Å². The highest BCUT2D eigenvalue weighted by Gasteiger charge is 2.24. The molecule has 70 valence electrons. The minimum atomic E-state index is -0.122. The van der Waals surface area contributed by atoms with Gasteiger partial charge in [-0.15, -0.1) is 0 Å². The van der Waals surface area contributed by atoms with Crippen molar-refractivity contribution in [1.82, 2.24) is 5.32 Å². The van der Waals surface area contributed by atoms with Crippen LogP contribution in [-0.2, 0) is 9.53 Å². The Morgan fingerprint density at radius 3 is 2.75 bits per heavy atom. The molecule has 1 rings (SSSR count). The van der Waals surface area contributed by atoms with Crippen molar-refractivity contribution in [3.05, 3.63) is 0 Å². The lowest BCUT2D eigenvalue weighted by Gasteiger charge is -2.12. The first-order valence-electron chi connectivity index (χ1n) is 4.61. The molecule has 0 aromatic heterocycles. The van der Waals surface area contributed by atoms with E-state index < -0.39 is 0 Å². The van der Waals surface area contributed by atoms with Crippen molar-refractivity contribution in [2.24, 2.45) is 5.92 Å². The zero-order chi connectivity index (χ0) is 8.97. The maximum absolute atomic E-state index is 11.3. The summed E-state index contributed by atoms with van der Waals surface area (Å²) in [6.45, 7) is 2.59. The number of carbonyl (C=O) groups is 1. The number of rotatable bonds is 5. The van der Waals surface area contributed by atoms with E-state index >= 15 is 0 Å². The minimum Gasteiger partial charge on any atom is -0.464 e. The molecule has 1 saturated carbocycles. The summed E-state index contributed by atoms with van der Waals surface area (Å²) >= 11 is 0. The van der Waals surface area contributed by atoms with E-state index in [0.717, 1.165) is 6.42 Å². The Morgan fingerprint density at radius 1 is 1.67 bits per heavy atom. The smallest absolute Gasteiger partial charge is 0.323 e. The van der Waals surface area contributed by atoms with Crippen LogP contribution in [0.2, 0.25) is 0 Å². The molecule has 0 bridgehead atoms. The van der Waals surface area contributed by atoms with Gasteiger partial charge in [-0.1, -0.05) is 6.92 Å². The molecule has 1 atom stereocenters. The van der Waals surface area contributed by atoms with Gasteiger partial charge in [0.25, 0.3) is 0 Å². The lowest BCUT2D eigenvalue weighted by Crippen LogP contribution is -2.35. The molecule has 1 fully saturated rings. The lowest BCUT2D eigenvalue weighted by atomic mass is 10.2. The van der Waals surface area contributed by atoms with Gasteiger partial charge in [0.15, 0.2) is 0 Å². The van der Waals surface area contributed by atoms with Gasteiger partial charge in [-0.2, -0.15) is 0 Å². The van der Waals surface area contributed by atoms with Gasteiger partial charge in [0, 0.05) is 0 Å². The van der Waals surface area contributed by atoms with Crippen LogP contribution in [0.25, 0.3) is 0 Å². The van der Waals surface area contributed by atoms with Crippen LogP contribution in [0.1, 0.15) is 26.2 Å². The van der Waals surface area contributed by atoms with Crippen molar-refractivity contribution >= 4 is 5.97 Å². The van der Waals surface area contributed by atoms with Crippen molar-refractivity contribution in [2.45, 2.75) is 32.2 Å². The Labute approximate surface area is 73.5 Å². The molecule has 0 aromatic rings.